The zero-order valence-electron chi connectivity index (χ0n) is 26.5. The first-order valence-electron chi connectivity index (χ1n) is 16.2. The fourth-order valence-electron chi connectivity index (χ4n) is 6.17. The van der Waals surface area contributed by atoms with Gasteiger partial charge in [-0.15, -0.1) is 12.4 Å². The Balaban J connectivity index is 0.00000552. The molecule has 4 amide bonds. The fraction of sp³-hybridized carbons (Fsp3) is 0.606. The number of benzene rings is 1. The number of piperidine rings is 1. The highest BCUT2D eigenvalue weighted by molar-refractivity contribution is 5.97. The van der Waals surface area contributed by atoms with Crippen LogP contribution in [-0.2, 0) is 16.1 Å². The maximum Gasteiger partial charge on any atom is 0.290 e. The minimum absolute atomic E-state index is 0. The summed E-state index contributed by atoms with van der Waals surface area (Å²) in [5.74, 6) is -0.580. The van der Waals surface area contributed by atoms with Gasteiger partial charge in [0.15, 0.2) is 0 Å². The summed E-state index contributed by atoms with van der Waals surface area (Å²) in [6, 6.07) is 7.14. The summed E-state index contributed by atoms with van der Waals surface area (Å²) in [5.41, 5.74) is 7.18. The van der Waals surface area contributed by atoms with Crippen molar-refractivity contribution in [1.29, 1.82) is 0 Å². The summed E-state index contributed by atoms with van der Waals surface area (Å²) >= 11 is 0. The van der Waals surface area contributed by atoms with Gasteiger partial charge >= 0.3 is 0 Å². The first-order chi connectivity index (χ1) is 21.3. The highest BCUT2D eigenvalue weighted by atomic mass is 35.5. The maximum atomic E-state index is 13.6. The van der Waals surface area contributed by atoms with Crippen molar-refractivity contribution in [3.05, 3.63) is 53.4 Å². The molecule has 2 aliphatic rings. The number of hydrogen-bond acceptors (Lipinski definition) is 7. The molecule has 248 valence electrons. The van der Waals surface area contributed by atoms with Crippen LogP contribution >= 0.6 is 12.4 Å². The van der Waals surface area contributed by atoms with Crippen molar-refractivity contribution in [2.24, 2.45) is 23.5 Å². The van der Waals surface area contributed by atoms with Crippen LogP contribution in [0.25, 0.3) is 0 Å². The Bertz CT molecular complexity index is 1240. The van der Waals surface area contributed by atoms with Gasteiger partial charge in [0.2, 0.25) is 17.6 Å². The second-order valence-electron chi connectivity index (χ2n) is 12.4. The zero-order chi connectivity index (χ0) is 31.5. The van der Waals surface area contributed by atoms with Crippen molar-refractivity contribution >= 4 is 36.0 Å². The molecule has 1 aromatic carbocycles. The number of nitrogens with two attached hydrogens (primary N) is 1. The van der Waals surface area contributed by atoms with Crippen LogP contribution in [0.5, 0.6) is 0 Å². The Morgan fingerprint density at radius 3 is 2.38 bits per heavy atom. The molecule has 2 fully saturated rings. The predicted molar refractivity (Wildman–Crippen MR) is 174 cm³/mol. The Labute approximate surface area is 272 Å². The highest BCUT2D eigenvalue weighted by Gasteiger charge is 2.32. The van der Waals surface area contributed by atoms with Gasteiger partial charge in [0.1, 0.15) is 12.1 Å². The van der Waals surface area contributed by atoms with Gasteiger partial charge < -0.3 is 31.1 Å². The summed E-state index contributed by atoms with van der Waals surface area (Å²) in [4.78, 5) is 54.9. The summed E-state index contributed by atoms with van der Waals surface area (Å²) < 4.78 is 5.00. The van der Waals surface area contributed by atoms with Crippen molar-refractivity contribution in [2.75, 3.05) is 19.6 Å². The van der Waals surface area contributed by atoms with Gasteiger partial charge in [-0.1, -0.05) is 69.7 Å². The zero-order valence-corrected chi connectivity index (χ0v) is 27.3. The van der Waals surface area contributed by atoms with Gasteiger partial charge in [0.05, 0.1) is 6.20 Å². The van der Waals surface area contributed by atoms with Gasteiger partial charge in [-0.05, 0) is 61.3 Å². The molecular weight excluding hydrogens is 596 g/mol. The summed E-state index contributed by atoms with van der Waals surface area (Å²) in [6.45, 7) is 6.13. The third-order valence-electron chi connectivity index (χ3n) is 9.25. The van der Waals surface area contributed by atoms with Gasteiger partial charge in [0.25, 0.3) is 11.8 Å². The first kappa shape index (κ1) is 36.0. The molecule has 2 heterocycles. The van der Waals surface area contributed by atoms with E-state index in [1.807, 2.05) is 36.9 Å². The van der Waals surface area contributed by atoms with E-state index in [9.17, 15) is 19.2 Å². The van der Waals surface area contributed by atoms with Gasteiger partial charge in [-0.2, -0.15) is 0 Å². The van der Waals surface area contributed by atoms with Gasteiger partial charge in [-0.25, -0.2) is 0 Å². The van der Waals surface area contributed by atoms with Crippen LogP contribution in [0.1, 0.15) is 98.1 Å². The smallest absolute Gasteiger partial charge is 0.290 e. The van der Waals surface area contributed by atoms with E-state index in [0.717, 1.165) is 44.1 Å². The van der Waals surface area contributed by atoms with Crippen molar-refractivity contribution in [3.8, 4) is 0 Å². The van der Waals surface area contributed by atoms with E-state index in [-0.39, 0.29) is 42.4 Å². The molecule has 3 atom stereocenters. The molecule has 0 bridgehead atoms. The molecule has 1 saturated heterocycles. The minimum atomic E-state index is -0.812. The van der Waals surface area contributed by atoms with Crippen LogP contribution in [0.15, 0.2) is 41.1 Å². The van der Waals surface area contributed by atoms with E-state index in [1.165, 1.54) is 18.7 Å². The number of amides is 4. The minimum Gasteiger partial charge on any atom is -0.351 e. The normalized spacial score (nSPS) is 17.8. The lowest BCUT2D eigenvalue weighted by molar-refractivity contribution is -0.131. The number of likely N-dealkylation sites (tertiary alicyclic amines) is 1. The molecule has 1 aromatic heterocycles. The largest absolute Gasteiger partial charge is 0.351 e. The molecular formula is C33H49ClN6O5. The monoisotopic (exact) mass is 644 g/mol. The number of hydrogen-bond donors (Lipinski definition) is 4. The second kappa shape index (κ2) is 17.9. The van der Waals surface area contributed by atoms with Crippen LogP contribution < -0.4 is 21.7 Å². The molecule has 1 saturated carbocycles. The SMILES string of the molecule is CC[C@H](C)[C@H](NC(=O)[C@H](CC1CCCCC1)NC(=O)c1ccno1)C(=O)NCc1cccc(C(=O)N2CCC(CN)CC2)c1.Cl. The molecule has 0 radical (unpaired) electrons. The third kappa shape index (κ3) is 10.3. The second-order valence-corrected chi connectivity index (χ2v) is 12.4. The molecule has 45 heavy (non-hydrogen) atoms. The van der Waals surface area contributed by atoms with Crippen molar-refractivity contribution in [3.63, 3.8) is 0 Å². The Morgan fingerprint density at radius 1 is 1.00 bits per heavy atom. The number of rotatable bonds is 13. The molecule has 1 aliphatic heterocycles. The van der Waals surface area contributed by atoms with Crippen LogP contribution in [0.2, 0.25) is 0 Å². The van der Waals surface area contributed by atoms with Crippen LogP contribution in [0.4, 0.5) is 0 Å². The molecule has 12 heteroatoms. The van der Waals surface area contributed by atoms with Crippen LogP contribution in [0, 0.1) is 17.8 Å². The van der Waals surface area contributed by atoms with E-state index in [4.69, 9.17) is 10.3 Å². The molecule has 2 aromatic rings. The number of halogens is 1. The van der Waals surface area contributed by atoms with Crippen molar-refractivity contribution in [1.82, 2.24) is 26.0 Å². The number of carbonyl (C=O) groups is 4. The topological polar surface area (TPSA) is 160 Å². The standard InChI is InChI=1S/C33H48N6O5.ClH/c1-3-22(2)29(38-30(40)27(19-23-8-5-4-6-9-23)37-31(41)28-12-15-36-44-28)32(42)35-21-25-10-7-11-26(18-25)33(43)39-16-13-24(20-34)14-17-39;/h7,10-12,15,18,22-24,27,29H,3-6,8-9,13-14,16-17,19-21,34H2,1-2H3,(H,35,42)(H,37,41)(H,38,40);1H/t22-,27-,29-;/m0./s1. The lowest BCUT2D eigenvalue weighted by Gasteiger charge is -2.31. The maximum absolute atomic E-state index is 13.6. The average Bonchev–Trinajstić information content (AvgIpc) is 3.61. The third-order valence-corrected chi connectivity index (χ3v) is 9.25. The van der Waals surface area contributed by atoms with E-state index in [0.29, 0.717) is 49.9 Å². The molecule has 0 unspecified atom stereocenters. The lowest BCUT2D eigenvalue weighted by atomic mass is 9.84. The Hall–Kier alpha value is -3.44. The van der Waals surface area contributed by atoms with Crippen LogP contribution in [0.3, 0.4) is 0 Å². The predicted octanol–water partition coefficient (Wildman–Crippen LogP) is 3.82. The number of nitrogens with one attached hydrogen (secondary N) is 3. The van der Waals surface area contributed by atoms with Crippen molar-refractivity contribution in [2.45, 2.75) is 90.3 Å². The molecule has 4 rings (SSSR count). The molecule has 1 aliphatic carbocycles. The summed E-state index contributed by atoms with van der Waals surface area (Å²) in [5, 5.41) is 12.3. The quantitative estimate of drug-likeness (QED) is 0.258. The van der Waals surface area contributed by atoms with E-state index in [1.54, 1.807) is 6.07 Å². The summed E-state index contributed by atoms with van der Waals surface area (Å²) in [7, 11) is 0. The van der Waals surface area contributed by atoms with E-state index in [2.05, 4.69) is 21.1 Å². The Morgan fingerprint density at radius 2 is 1.73 bits per heavy atom. The Kier molecular flexibility index (Phi) is 14.3. The van der Waals surface area contributed by atoms with Crippen molar-refractivity contribution < 1.29 is 23.7 Å². The summed E-state index contributed by atoms with van der Waals surface area (Å²) in [6.07, 6.45) is 9.75. The highest BCUT2D eigenvalue weighted by Crippen LogP contribution is 2.28. The molecule has 11 nitrogen and oxygen atoms in total. The lowest BCUT2D eigenvalue weighted by Crippen LogP contribution is -2.56. The van der Waals surface area contributed by atoms with Crippen LogP contribution in [-0.4, -0.2) is 65.4 Å². The fourth-order valence-corrected chi connectivity index (χ4v) is 6.17. The average molecular weight is 645 g/mol. The van der Waals surface area contributed by atoms with E-state index >= 15 is 0 Å². The van der Waals surface area contributed by atoms with Gasteiger partial charge in [-0.3, -0.25) is 19.2 Å². The number of aromatic nitrogens is 1. The number of nitrogens with zero attached hydrogens (tertiary/aromatic N) is 2. The van der Waals surface area contributed by atoms with E-state index < -0.39 is 23.9 Å². The number of carbonyl (C=O) groups excluding carboxylic acids is 4. The molecule has 0 spiro atoms. The molecule has 5 N–H and O–H groups in total. The van der Waals surface area contributed by atoms with Gasteiger partial charge in [0, 0.05) is 31.3 Å². The first-order valence-corrected chi connectivity index (χ1v) is 16.2.